The van der Waals surface area contributed by atoms with E-state index in [0.29, 0.717) is 0 Å². The fourth-order valence-corrected chi connectivity index (χ4v) is 1.33. The van der Waals surface area contributed by atoms with Crippen molar-refractivity contribution >= 4 is 36.3 Å². The number of hydrogen-bond acceptors (Lipinski definition) is 6. The number of nitrogens with one attached hydrogen (secondary N) is 2. The average molecular weight is 306 g/mol. The van der Waals surface area contributed by atoms with Crippen molar-refractivity contribution in [3.63, 3.8) is 0 Å². The summed E-state index contributed by atoms with van der Waals surface area (Å²) < 4.78 is 0. The molecule has 0 spiro atoms. The van der Waals surface area contributed by atoms with E-state index < -0.39 is 48.2 Å². The molecule has 0 rings (SSSR count). The van der Waals surface area contributed by atoms with Crippen LogP contribution in [0.25, 0.3) is 0 Å². The van der Waals surface area contributed by atoms with Crippen molar-refractivity contribution in [2.75, 3.05) is 5.75 Å². The van der Waals surface area contributed by atoms with Crippen LogP contribution in [0.1, 0.15) is 13.3 Å². The molecule has 7 N–H and O–H groups in total. The molecule has 0 saturated carbocycles. The van der Waals surface area contributed by atoms with Gasteiger partial charge in [0.2, 0.25) is 17.7 Å². The molecule has 0 aliphatic carbocycles. The highest BCUT2D eigenvalue weighted by atomic mass is 32.1. The highest BCUT2D eigenvalue weighted by Crippen LogP contribution is 1.94. The van der Waals surface area contributed by atoms with Crippen molar-refractivity contribution in [1.82, 2.24) is 10.6 Å². The zero-order chi connectivity index (χ0) is 15.9. The van der Waals surface area contributed by atoms with E-state index in [1.165, 1.54) is 6.92 Å². The van der Waals surface area contributed by atoms with Gasteiger partial charge in [-0.15, -0.1) is 0 Å². The van der Waals surface area contributed by atoms with Crippen LogP contribution in [0.3, 0.4) is 0 Å². The molecule has 0 saturated heterocycles. The number of carboxylic acids is 1. The molecule has 3 unspecified atom stereocenters. The fourth-order valence-electron chi connectivity index (χ4n) is 1.17. The smallest absolute Gasteiger partial charge is 0.326 e. The number of carbonyl (C=O) groups is 4. The minimum atomic E-state index is -1.45. The monoisotopic (exact) mass is 306 g/mol. The van der Waals surface area contributed by atoms with E-state index in [1.807, 2.05) is 0 Å². The molecule has 0 aliphatic heterocycles. The van der Waals surface area contributed by atoms with Gasteiger partial charge in [-0.2, -0.15) is 12.6 Å². The lowest BCUT2D eigenvalue weighted by atomic mass is 10.2. The summed E-state index contributed by atoms with van der Waals surface area (Å²) in [5, 5.41) is 13.2. The van der Waals surface area contributed by atoms with E-state index in [4.69, 9.17) is 16.6 Å². The second-order valence-corrected chi connectivity index (χ2v) is 4.45. The van der Waals surface area contributed by atoms with Gasteiger partial charge < -0.3 is 27.2 Å². The van der Waals surface area contributed by atoms with Crippen LogP contribution in [-0.4, -0.2) is 52.7 Å². The Hall–Kier alpha value is -1.81. The predicted molar refractivity (Wildman–Crippen MR) is 72.8 cm³/mol. The fraction of sp³-hybridized carbons (Fsp3) is 0.600. The molecular formula is C10H18N4O5S. The minimum Gasteiger partial charge on any atom is -0.480 e. The van der Waals surface area contributed by atoms with Crippen molar-refractivity contribution in [3.05, 3.63) is 0 Å². The molecule has 0 aliphatic rings. The molecule has 3 amide bonds. The number of rotatable bonds is 8. The number of thiol groups is 1. The van der Waals surface area contributed by atoms with Crippen LogP contribution in [0.2, 0.25) is 0 Å². The Balaban J connectivity index is 4.53. The first-order valence-electron chi connectivity index (χ1n) is 5.67. The van der Waals surface area contributed by atoms with Crippen molar-refractivity contribution in [2.45, 2.75) is 31.5 Å². The Labute approximate surface area is 120 Å². The van der Waals surface area contributed by atoms with E-state index in [0.717, 1.165) is 0 Å². The zero-order valence-electron chi connectivity index (χ0n) is 10.8. The van der Waals surface area contributed by atoms with Crippen LogP contribution in [0.15, 0.2) is 0 Å². The molecule has 9 nitrogen and oxygen atoms in total. The van der Waals surface area contributed by atoms with Gasteiger partial charge in [0.15, 0.2) is 0 Å². The summed E-state index contributed by atoms with van der Waals surface area (Å²) in [6, 6.07) is -3.34. The molecule has 0 fully saturated rings. The minimum absolute atomic E-state index is 0.0968. The largest absolute Gasteiger partial charge is 0.480 e. The summed E-state index contributed by atoms with van der Waals surface area (Å²) in [6.07, 6.45) is -0.544. The van der Waals surface area contributed by atoms with E-state index in [1.54, 1.807) is 0 Å². The first-order valence-corrected chi connectivity index (χ1v) is 6.30. The van der Waals surface area contributed by atoms with Gasteiger partial charge in [0, 0.05) is 5.75 Å². The molecule has 10 heteroatoms. The van der Waals surface area contributed by atoms with Crippen molar-refractivity contribution in [2.24, 2.45) is 11.5 Å². The normalized spacial score (nSPS) is 14.8. The van der Waals surface area contributed by atoms with Crippen LogP contribution in [0.4, 0.5) is 0 Å². The van der Waals surface area contributed by atoms with Gasteiger partial charge in [0.1, 0.15) is 12.1 Å². The summed E-state index contributed by atoms with van der Waals surface area (Å²) in [5.41, 5.74) is 10.3. The number of carbonyl (C=O) groups excluding carboxylic acids is 3. The standard InChI is InChI=1S/C10H18N4O5S/c1-4(13-9(17)5(11)3-20)8(16)14-6(10(18)19)2-7(12)15/h4-6,20H,2-3,11H2,1H3,(H2,12,15)(H,13,17)(H,14,16)(H,18,19). The van der Waals surface area contributed by atoms with E-state index in [2.05, 4.69) is 23.3 Å². The van der Waals surface area contributed by atoms with Gasteiger partial charge >= 0.3 is 5.97 Å². The van der Waals surface area contributed by atoms with Gasteiger partial charge in [-0.1, -0.05) is 0 Å². The molecule has 0 aromatic rings. The summed E-state index contributed by atoms with van der Waals surface area (Å²) in [4.78, 5) is 44.6. The lowest BCUT2D eigenvalue weighted by Crippen LogP contribution is -2.54. The lowest BCUT2D eigenvalue weighted by Gasteiger charge is -2.19. The van der Waals surface area contributed by atoms with Gasteiger partial charge in [-0.25, -0.2) is 4.79 Å². The van der Waals surface area contributed by atoms with Crippen molar-refractivity contribution < 1.29 is 24.3 Å². The van der Waals surface area contributed by atoms with Crippen LogP contribution in [-0.2, 0) is 19.2 Å². The van der Waals surface area contributed by atoms with E-state index >= 15 is 0 Å². The Kier molecular flexibility index (Phi) is 7.62. The maximum atomic E-state index is 11.7. The summed E-state index contributed by atoms with van der Waals surface area (Å²) in [6.45, 7) is 1.35. The Morgan fingerprint density at radius 1 is 1.20 bits per heavy atom. The zero-order valence-corrected chi connectivity index (χ0v) is 11.7. The van der Waals surface area contributed by atoms with Gasteiger partial charge in [0.05, 0.1) is 12.5 Å². The average Bonchev–Trinajstić information content (AvgIpc) is 2.35. The quantitative estimate of drug-likeness (QED) is 0.265. The summed E-state index contributed by atoms with van der Waals surface area (Å²) in [7, 11) is 0. The second kappa shape index (κ2) is 8.38. The maximum Gasteiger partial charge on any atom is 0.326 e. The maximum absolute atomic E-state index is 11.7. The lowest BCUT2D eigenvalue weighted by molar-refractivity contribution is -0.143. The third kappa shape index (κ3) is 6.38. The predicted octanol–water partition coefficient (Wildman–Crippen LogP) is -2.81. The third-order valence-electron chi connectivity index (χ3n) is 2.31. The SMILES string of the molecule is CC(NC(=O)C(N)CS)C(=O)NC(CC(N)=O)C(=O)O. The summed E-state index contributed by atoms with van der Waals surface area (Å²) >= 11 is 3.83. The molecule has 0 heterocycles. The Morgan fingerprint density at radius 2 is 1.75 bits per heavy atom. The molecule has 20 heavy (non-hydrogen) atoms. The highest BCUT2D eigenvalue weighted by molar-refractivity contribution is 7.80. The van der Waals surface area contributed by atoms with Crippen LogP contribution in [0.5, 0.6) is 0 Å². The second-order valence-electron chi connectivity index (χ2n) is 4.09. The molecule has 0 aromatic heterocycles. The molecule has 114 valence electrons. The topological polar surface area (TPSA) is 165 Å². The molecular weight excluding hydrogens is 288 g/mol. The van der Waals surface area contributed by atoms with Gasteiger partial charge in [0.25, 0.3) is 0 Å². The number of hydrogen-bond donors (Lipinski definition) is 6. The Morgan fingerprint density at radius 3 is 2.15 bits per heavy atom. The molecule has 0 bridgehead atoms. The van der Waals surface area contributed by atoms with Crippen LogP contribution >= 0.6 is 12.6 Å². The third-order valence-corrected chi connectivity index (χ3v) is 2.70. The first kappa shape index (κ1) is 18.2. The molecule has 0 radical (unpaired) electrons. The Bertz CT molecular complexity index is 403. The number of carboxylic acid groups (broad SMARTS) is 1. The number of aliphatic carboxylic acids is 1. The number of primary amides is 1. The number of nitrogens with two attached hydrogens (primary N) is 2. The summed E-state index contributed by atoms with van der Waals surface area (Å²) in [5.74, 6) is -3.53. The van der Waals surface area contributed by atoms with E-state index in [-0.39, 0.29) is 5.75 Å². The highest BCUT2D eigenvalue weighted by Gasteiger charge is 2.26. The van der Waals surface area contributed by atoms with Crippen molar-refractivity contribution in [3.8, 4) is 0 Å². The van der Waals surface area contributed by atoms with Gasteiger partial charge in [-0.05, 0) is 6.92 Å². The molecule has 3 atom stereocenters. The number of amides is 3. The van der Waals surface area contributed by atoms with Crippen molar-refractivity contribution in [1.29, 1.82) is 0 Å². The van der Waals surface area contributed by atoms with Crippen LogP contribution in [0, 0.1) is 0 Å². The van der Waals surface area contributed by atoms with Crippen LogP contribution < -0.4 is 22.1 Å². The first-order chi connectivity index (χ1) is 9.18. The van der Waals surface area contributed by atoms with Gasteiger partial charge in [-0.3, -0.25) is 14.4 Å². The van der Waals surface area contributed by atoms with E-state index in [9.17, 15) is 19.2 Å². The molecule has 0 aromatic carbocycles.